The topological polar surface area (TPSA) is 57.2 Å². The molecule has 0 heterocycles. The predicted molar refractivity (Wildman–Crippen MR) is 115 cm³/mol. The van der Waals surface area contributed by atoms with Crippen LogP contribution in [-0.2, 0) is 10.1 Å². The summed E-state index contributed by atoms with van der Waals surface area (Å²) in [6, 6.07) is 0. The minimum absolute atomic E-state index is 0.243. The lowest BCUT2D eigenvalue weighted by Crippen LogP contribution is -2.01. The van der Waals surface area contributed by atoms with E-state index in [9.17, 15) is 13.0 Å². The summed E-state index contributed by atoms with van der Waals surface area (Å²) in [7, 11) is -4.42. The van der Waals surface area contributed by atoms with Crippen LogP contribution in [0.5, 0.6) is 0 Å². The first-order valence-electron chi connectivity index (χ1n) is 10.4. The van der Waals surface area contributed by atoms with Crippen molar-refractivity contribution in [2.75, 3.05) is 31.9 Å². The Kier molecular flexibility index (Phi) is 19.6. The van der Waals surface area contributed by atoms with Gasteiger partial charge in [0.15, 0.2) is 0 Å². The summed E-state index contributed by atoms with van der Waals surface area (Å²) in [6.45, 7) is 11.3. The van der Waals surface area contributed by atoms with Gasteiger partial charge in [-0.05, 0) is 19.3 Å². The summed E-state index contributed by atoms with van der Waals surface area (Å²) >= 11 is 0. The number of rotatable bonds is 15. The molecule has 0 saturated heterocycles. The lowest BCUT2D eigenvalue weighted by Gasteiger charge is -2.10. The Hall–Kier alpha value is 0.340. The van der Waals surface area contributed by atoms with E-state index in [-0.39, 0.29) is 5.75 Å². The van der Waals surface area contributed by atoms with E-state index < -0.39 is 17.4 Å². The van der Waals surface area contributed by atoms with Crippen molar-refractivity contribution in [1.82, 2.24) is 0 Å². The van der Waals surface area contributed by atoms with Crippen molar-refractivity contribution in [3.8, 4) is 0 Å². The minimum Gasteiger partial charge on any atom is -0.748 e. The third kappa shape index (κ3) is 32.5. The van der Waals surface area contributed by atoms with E-state index in [0.29, 0.717) is 6.42 Å². The normalized spacial score (nSPS) is 11.9. The third-order valence-electron chi connectivity index (χ3n) is 4.14. The van der Waals surface area contributed by atoms with Gasteiger partial charge in [-0.25, -0.2) is 8.42 Å². The highest BCUT2D eigenvalue weighted by Crippen LogP contribution is 2.47. The van der Waals surface area contributed by atoms with Gasteiger partial charge in [-0.3, -0.25) is 0 Å². The zero-order valence-electron chi connectivity index (χ0n) is 17.7. The number of hydrogen-bond donors (Lipinski definition) is 0. The van der Waals surface area contributed by atoms with Gasteiger partial charge in [0.05, 0.1) is 16.3 Å². The second-order valence-electron chi connectivity index (χ2n) is 8.16. The van der Waals surface area contributed by atoms with Crippen LogP contribution in [0.4, 0.5) is 0 Å². The standard InChI is InChI=1S/C17H38P.C3H8O3S/c1-5-6-7-8-9-10-11-12-13-14-15-16-17-18(2,3)4;1-2-3-7(4,5)6/h5-17H2,1-4H3;2-3H2,1H3,(H,4,5,6)/q+1;/p-1. The Morgan fingerprint density at radius 1 is 0.640 bits per heavy atom. The molecule has 0 aliphatic rings. The van der Waals surface area contributed by atoms with Crippen LogP contribution in [0.25, 0.3) is 0 Å². The van der Waals surface area contributed by atoms with Crippen molar-refractivity contribution in [2.24, 2.45) is 0 Å². The molecule has 0 atom stereocenters. The molecule has 0 bridgehead atoms. The first kappa shape index (κ1) is 27.6. The maximum atomic E-state index is 9.68. The van der Waals surface area contributed by atoms with Gasteiger partial charge in [0.2, 0.25) is 0 Å². The highest BCUT2D eigenvalue weighted by atomic mass is 32.2. The molecule has 0 amide bonds. The van der Waals surface area contributed by atoms with Crippen molar-refractivity contribution in [3.63, 3.8) is 0 Å². The van der Waals surface area contributed by atoms with E-state index >= 15 is 0 Å². The van der Waals surface area contributed by atoms with Gasteiger partial charge in [-0.15, -0.1) is 0 Å². The van der Waals surface area contributed by atoms with Crippen LogP contribution >= 0.6 is 7.26 Å². The maximum absolute atomic E-state index is 9.68. The van der Waals surface area contributed by atoms with Crippen LogP contribution in [0.2, 0.25) is 0 Å². The molecule has 0 aromatic carbocycles. The molecular weight excluding hydrogens is 351 g/mol. The van der Waals surface area contributed by atoms with Gasteiger partial charge in [-0.1, -0.05) is 78.1 Å². The Labute approximate surface area is 159 Å². The molecule has 5 heteroatoms. The number of hydrogen-bond acceptors (Lipinski definition) is 3. The van der Waals surface area contributed by atoms with Crippen LogP contribution in [0.1, 0.15) is 97.3 Å². The van der Waals surface area contributed by atoms with Gasteiger partial charge in [0.1, 0.15) is 0 Å². The van der Waals surface area contributed by atoms with Crippen molar-refractivity contribution in [1.29, 1.82) is 0 Å². The molecule has 0 aromatic rings. The molecule has 0 fully saturated rings. The summed E-state index contributed by atoms with van der Waals surface area (Å²) in [5, 5.41) is 0. The average molecular weight is 397 g/mol. The van der Waals surface area contributed by atoms with E-state index in [1.807, 2.05) is 0 Å². The largest absolute Gasteiger partial charge is 0.748 e. The van der Waals surface area contributed by atoms with Gasteiger partial charge in [-0.2, -0.15) is 0 Å². The van der Waals surface area contributed by atoms with Crippen molar-refractivity contribution < 1.29 is 13.0 Å². The molecule has 0 aromatic heterocycles. The van der Waals surface area contributed by atoms with Gasteiger partial charge in [0.25, 0.3) is 0 Å². The molecule has 0 spiro atoms. The van der Waals surface area contributed by atoms with Crippen molar-refractivity contribution >= 4 is 17.4 Å². The highest BCUT2D eigenvalue weighted by Gasteiger charge is 2.15. The zero-order valence-corrected chi connectivity index (χ0v) is 19.4. The van der Waals surface area contributed by atoms with Crippen LogP contribution in [0, 0.1) is 0 Å². The Morgan fingerprint density at radius 2 is 1.00 bits per heavy atom. The fraction of sp³-hybridized carbons (Fsp3) is 1.00. The van der Waals surface area contributed by atoms with Crippen LogP contribution in [0.3, 0.4) is 0 Å². The lowest BCUT2D eigenvalue weighted by molar-refractivity contribution is 0.462. The molecule has 0 N–H and O–H groups in total. The second kappa shape index (κ2) is 17.7. The van der Waals surface area contributed by atoms with E-state index in [1.165, 1.54) is 83.2 Å². The van der Waals surface area contributed by atoms with Gasteiger partial charge in [0, 0.05) is 33.0 Å². The molecule has 25 heavy (non-hydrogen) atoms. The predicted octanol–water partition coefficient (Wildman–Crippen LogP) is 6.54. The molecule has 154 valence electrons. The molecule has 0 unspecified atom stereocenters. The van der Waals surface area contributed by atoms with E-state index in [1.54, 1.807) is 6.92 Å². The Morgan fingerprint density at radius 3 is 1.24 bits per heavy atom. The van der Waals surface area contributed by atoms with Crippen molar-refractivity contribution in [2.45, 2.75) is 97.3 Å². The Balaban J connectivity index is 0. The monoisotopic (exact) mass is 396 g/mol. The molecule has 0 saturated carbocycles. The molecule has 0 aliphatic carbocycles. The Bertz CT molecular complexity index is 362. The molecule has 0 rings (SSSR count). The van der Waals surface area contributed by atoms with Crippen LogP contribution in [0.15, 0.2) is 0 Å². The average Bonchev–Trinajstić information content (AvgIpc) is 2.47. The van der Waals surface area contributed by atoms with Gasteiger partial charge < -0.3 is 4.55 Å². The fourth-order valence-corrected chi connectivity index (χ4v) is 4.35. The van der Waals surface area contributed by atoms with Crippen LogP contribution in [-0.4, -0.2) is 44.9 Å². The minimum atomic E-state index is -3.92. The number of unbranched alkanes of at least 4 members (excludes halogenated alkanes) is 11. The lowest BCUT2D eigenvalue weighted by atomic mass is 10.1. The molecule has 0 radical (unpaired) electrons. The van der Waals surface area contributed by atoms with E-state index in [2.05, 4.69) is 26.9 Å². The summed E-state index contributed by atoms with van der Waals surface area (Å²) < 4.78 is 29.0. The second-order valence-corrected chi connectivity index (χ2v) is 14.7. The molecule has 0 aliphatic heterocycles. The summed E-state index contributed by atoms with van der Waals surface area (Å²) in [6.07, 6.45) is 19.5. The summed E-state index contributed by atoms with van der Waals surface area (Å²) in [5.41, 5.74) is 0. The summed E-state index contributed by atoms with van der Waals surface area (Å²) in [4.78, 5) is 0. The SMILES string of the molecule is CCCCCCCCCCCCCC[P+](C)(C)C.CCCS(=O)(=O)[O-]. The summed E-state index contributed by atoms with van der Waals surface area (Å²) in [5.74, 6) is -0.243. The van der Waals surface area contributed by atoms with E-state index in [4.69, 9.17) is 0 Å². The smallest absolute Gasteiger partial charge is 0.0945 e. The third-order valence-corrected chi connectivity index (χ3v) is 6.70. The quantitative estimate of drug-likeness (QED) is 0.179. The van der Waals surface area contributed by atoms with Crippen LogP contribution < -0.4 is 0 Å². The molecular formula is C20H45O3PS. The highest BCUT2D eigenvalue weighted by molar-refractivity contribution is 7.85. The first-order valence-corrected chi connectivity index (χ1v) is 15.3. The maximum Gasteiger partial charge on any atom is 0.0945 e. The fourth-order valence-electron chi connectivity index (χ4n) is 2.68. The van der Waals surface area contributed by atoms with E-state index in [0.717, 1.165) is 0 Å². The first-order chi connectivity index (χ1) is 11.6. The zero-order chi connectivity index (χ0) is 19.6. The van der Waals surface area contributed by atoms with Crippen molar-refractivity contribution in [3.05, 3.63) is 0 Å². The molecule has 3 nitrogen and oxygen atoms in total. The van der Waals surface area contributed by atoms with Gasteiger partial charge >= 0.3 is 0 Å².